The van der Waals surface area contributed by atoms with Crippen molar-refractivity contribution in [1.82, 2.24) is 0 Å². The molecule has 0 radical (unpaired) electrons. The largest absolute Gasteiger partial charge is 0.457 e. The first-order chi connectivity index (χ1) is 14.0. The second-order valence-corrected chi connectivity index (χ2v) is 6.46. The van der Waals surface area contributed by atoms with E-state index in [2.05, 4.69) is 0 Å². The molecule has 0 amide bonds. The highest BCUT2D eigenvalue weighted by Gasteiger charge is 2.29. The normalized spacial score (nSPS) is 12.1. The summed E-state index contributed by atoms with van der Waals surface area (Å²) in [7, 11) is 0. The van der Waals surface area contributed by atoms with Crippen LogP contribution in [0.3, 0.4) is 0 Å². The Labute approximate surface area is 164 Å². The molecule has 4 rings (SSSR count). The van der Waals surface area contributed by atoms with E-state index in [1.807, 2.05) is 0 Å². The summed E-state index contributed by atoms with van der Waals surface area (Å²) in [6.07, 6.45) is 0. The average molecular weight is 387 g/mol. The van der Waals surface area contributed by atoms with E-state index in [-0.39, 0.29) is 35.0 Å². The topological polar surface area (TPSA) is 104 Å². The van der Waals surface area contributed by atoms with Gasteiger partial charge in [-0.3, -0.25) is 19.7 Å². The lowest BCUT2D eigenvalue weighted by Gasteiger charge is -2.18. The lowest BCUT2D eigenvalue weighted by atomic mass is 9.83. The van der Waals surface area contributed by atoms with Crippen molar-refractivity contribution < 1.29 is 24.0 Å². The summed E-state index contributed by atoms with van der Waals surface area (Å²) >= 11 is 0. The molecule has 7 heteroatoms. The van der Waals surface area contributed by atoms with Crippen LogP contribution in [-0.4, -0.2) is 22.5 Å². The fourth-order valence-electron chi connectivity index (χ4n) is 3.19. The Morgan fingerprint density at radius 2 is 1.41 bits per heavy atom. The van der Waals surface area contributed by atoms with Crippen LogP contribution < -0.4 is 0 Å². The van der Waals surface area contributed by atoms with E-state index in [4.69, 9.17) is 4.74 Å². The standard InChI is InChI=1S/C22H13NO6/c24-20-16-3-1-2-4-17(16)21(25)19-11-13(5-10-18(19)20)12-29-22(26)14-6-8-15(9-7-14)23(27)28/h1-11H,12H2. The monoisotopic (exact) mass is 387 g/mol. The summed E-state index contributed by atoms with van der Waals surface area (Å²) < 4.78 is 5.23. The van der Waals surface area contributed by atoms with Crippen LogP contribution in [0.1, 0.15) is 47.8 Å². The Kier molecular flexibility index (Phi) is 4.48. The second kappa shape index (κ2) is 7.12. The maximum absolute atomic E-state index is 12.7. The first-order valence-electron chi connectivity index (χ1n) is 8.68. The number of rotatable bonds is 4. The van der Waals surface area contributed by atoms with Gasteiger partial charge in [0.1, 0.15) is 6.61 Å². The van der Waals surface area contributed by atoms with Crippen molar-refractivity contribution in [2.75, 3.05) is 0 Å². The zero-order valence-electron chi connectivity index (χ0n) is 15.0. The zero-order valence-corrected chi connectivity index (χ0v) is 15.0. The molecule has 0 saturated heterocycles. The van der Waals surface area contributed by atoms with Gasteiger partial charge in [0.2, 0.25) is 0 Å². The van der Waals surface area contributed by atoms with Crippen LogP contribution in [0, 0.1) is 10.1 Å². The van der Waals surface area contributed by atoms with Crippen molar-refractivity contribution in [2.45, 2.75) is 6.61 Å². The molecule has 0 aliphatic heterocycles. The predicted molar refractivity (Wildman–Crippen MR) is 102 cm³/mol. The molecule has 29 heavy (non-hydrogen) atoms. The third kappa shape index (κ3) is 3.29. The number of non-ortho nitro benzene ring substituents is 1. The number of esters is 1. The van der Waals surface area contributed by atoms with E-state index >= 15 is 0 Å². The summed E-state index contributed by atoms with van der Waals surface area (Å²) in [5.74, 6) is -1.12. The molecule has 0 saturated carbocycles. The van der Waals surface area contributed by atoms with Crippen molar-refractivity contribution in [3.05, 3.63) is 110 Å². The van der Waals surface area contributed by atoms with Gasteiger partial charge in [0.05, 0.1) is 10.5 Å². The number of fused-ring (bicyclic) bond motifs is 2. The molecule has 1 aliphatic rings. The molecule has 3 aromatic rings. The first kappa shape index (κ1) is 18.2. The Hall–Kier alpha value is -4.13. The van der Waals surface area contributed by atoms with Gasteiger partial charge in [0.15, 0.2) is 11.6 Å². The highest BCUT2D eigenvalue weighted by molar-refractivity contribution is 6.28. The molecule has 0 bridgehead atoms. The van der Waals surface area contributed by atoms with E-state index in [1.54, 1.807) is 42.5 Å². The van der Waals surface area contributed by atoms with Gasteiger partial charge in [-0.15, -0.1) is 0 Å². The number of carbonyl (C=O) groups is 3. The van der Waals surface area contributed by atoms with Gasteiger partial charge >= 0.3 is 5.97 Å². The number of hydrogen-bond acceptors (Lipinski definition) is 6. The number of nitro groups is 1. The van der Waals surface area contributed by atoms with Gasteiger partial charge in [-0.05, 0) is 29.8 Å². The molecule has 0 atom stereocenters. The number of benzene rings is 3. The quantitative estimate of drug-likeness (QED) is 0.300. The van der Waals surface area contributed by atoms with Crippen molar-refractivity contribution in [1.29, 1.82) is 0 Å². The maximum atomic E-state index is 12.7. The van der Waals surface area contributed by atoms with Gasteiger partial charge in [0, 0.05) is 34.4 Å². The van der Waals surface area contributed by atoms with Crippen LogP contribution in [0.5, 0.6) is 0 Å². The molecule has 0 heterocycles. The molecule has 0 unspecified atom stereocenters. The fraction of sp³-hybridized carbons (Fsp3) is 0.0455. The molecule has 142 valence electrons. The van der Waals surface area contributed by atoms with Crippen LogP contribution in [0.15, 0.2) is 66.7 Å². The minimum absolute atomic E-state index is 0.105. The summed E-state index contributed by atoms with van der Waals surface area (Å²) in [4.78, 5) is 47.6. The zero-order chi connectivity index (χ0) is 20.5. The molecule has 7 nitrogen and oxygen atoms in total. The number of ether oxygens (including phenoxy) is 1. The number of ketones is 2. The van der Waals surface area contributed by atoms with E-state index in [9.17, 15) is 24.5 Å². The third-order valence-corrected chi connectivity index (χ3v) is 4.67. The Bertz CT molecular complexity index is 1180. The summed E-state index contributed by atoms with van der Waals surface area (Å²) in [6.45, 7) is -0.105. The SMILES string of the molecule is O=C(OCc1ccc2c(c1)C(=O)c1ccccc1C2=O)c1ccc([N+](=O)[O-])cc1. The van der Waals surface area contributed by atoms with Gasteiger partial charge in [-0.2, -0.15) is 0 Å². The second-order valence-electron chi connectivity index (χ2n) is 6.46. The average Bonchev–Trinajstić information content (AvgIpc) is 2.75. The summed E-state index contributed by atoms with van der Waals surface area (Å²) in [6, 6.07) is 16.4. The molecule has 3 aromatic carbocycles. The minimum Gasteiger partial charge on any atom is -0.457 e. The fourth-order valence-corrected chi connectivity index (χ4v) is 3.19. The van der Waals surface area contributed by atoms with Gasteiger partial charge < -0.3 is 4.74 Å². The lowest BCUT2D eigenvalue weighted by Crippen LogP contribution is -2.21. The van der Waals surface area contributed by atoms with Crippen molar-refractivity contribution in [3.8, 4) is 0 Å². The van der Waals surface area contributed by atoms with Crippen LogP contribution in [0.2, 0.25) is 0 Å². The molecule has 0 aromatic heterocycles. The van der Waals surface area contributed by atoms with Crippen molar-refractivity contribution >= 4 is 23.2 Å². The molecular formula is C22H13NO6. The molecular weight excluding hydrogens is 374 g/mol. The van der Waals surface area contributed by atoms with Crippen LogP contribution in [0.4, 0.5) is 5.69 Å². The Morgan fingerprint density at radius 3 is 2.03 bits per heavy atom. The van der Waals surface area contributed by atoms with E-state index in [0.29, 0.717) is 22.3 Å². The van der Waals surface area contributed by atoms with Gasteiger partial charge in [-0.1, -0.05) is 30.3 Å². The third-order valence-electron chi connectivity index (χ3n) is 4.67. The maximum Gasteiger partial charge on any atom is 0.338 e. The van der Waals surface area contributed by atoms with Gasteiger partial charge in [0.25, 0.3) is 5.69 Å². The number of nitro benzene ring substituents is 1. The highest BCUT2D eigenvalue weighted by atomic mass is 16.6. The minimum atomic E-state index is -0.648. The Morgan fingerprint density at radius 1 is 0.828 bits per heavy atom. The molecule has 0 N–H and O–H groups in total. The number of carbonyl (C=O) groups excluding carboxylic acids is 3. The summed E-state index contributed by atoms with van der Waals surface area (Å²) in [5, 5.41) is 10.7. The lowest BCUT2D eigenvalue weighted by molar-refractivity contribution is -0.384. The van der Waals surface area contributed by atoms with Crippen molar-refractivity contribution in [2.24, 2.45) is 0 Å². The van der Waals surface area contributed by atoms with Crippen LogP contribution >= 0.6 is 0 Å². The van der Waals surface area contributed by atoms with Crippen molar-refractivity contribution in [3.63, 3.8) is 0 Å². The van der Waals surface area contributed by atoms with E-state index in [0.717, 1.165) is 0 Å². The first-order valence-corrected chi connectivity index (χ1v) is 8.68. The van der Waals surface area contributed by atoms with Crippen LogP contribution in [0.25, 0.3) is 0 Å². The smallest absolute Gasteiger partial charge is 0.338 e. The number of nitrogens with zero attached hydrogens (tertiary/aromatic N) is 1. The molecule has 1 aliphatic carbocycles. The van der Waals surface area contributed by atoms with Crippen LogP contribution in [-0.2, 0) is 11.3 Å². The summed E-state index contributed by atoms with van der Waals surface area (Å²) in [5.41, 5.74) is 1.93. The molecule has 0 spiro atoms. The van der Waals surface area contributed by atoms with Gasteiger partial charge in [-0.25, -0.2) is 4.79 Å². The van der Waals surface area contributed by atoms with E-state index in [1.165, 1.54) is 24.3 Å². The molecule has 0 fully saturated rings. The predicted octanol–water partition coefficient (Wildman–Crippen LogP) is 3.73. The van der Waals surface area contributed by atoms with E-state index < -0.39 is 10.9 Å². The Balaban J connectivity index is 1.52. The number of hydrogen-bond donors (Lipinski definition) is 0. The highest BCUT2D eigenvalue weighted by Crippen LogP contribution is 2.28.